The number of anilines is 1. The standard InChI is InChI=1S/C16H23N3O3S.ClH/c1-19(2)23(21,22)13-5-3-4-12(10-13)18-15(20)14-11-16(14)6-8-17-9-7-16;/h3-5,10,14,17H,6-9,11H2,1-2H3,(H,18,20);1H. The summed E-state index contributed by atoms with van der Waals surface area (Å²) in [6.07, 6.45) is 3.02. The van der Waals surface area contributed by atoms with Crippen LogP contribution in [-0.4, -0.2) is 45.8 Å². The molecule has 0 radical (unpaired) electrons. The third-order valence-corrected chi connectivity index (χ3v) is 6.80. The maximum Gasteiger partial charge on any atom is 0.242 e. The molecule has 2 aliphatic rings. The average molecular weight is 374 g/mol. The van der Waals surface area contributed by atoms with E-state index in [2.05, 4.69) is 10.6 Å². The molecule has 1 heterocycles. The van der Waals surface area contributed by atoms with Gasteiger partial charge in [0.1, 0.15) is 0 Å². The summed E-state index contributed by atoms with van der Waals surface area (Å²) < 4.78 is 25.5. The molecule has 134 valence electrons. The highest BCUT2D eigenvalue weighted by Crippen LogP contribution is 2.58. The molecule has 3 rings (SSSR count). The number of nitrogens with one attached hydrogen (secondary N) is 2. The van der Waals surface area contributed by atoms with Gasteiger partial charge in [0.25, 0.3) is 0 Å². The molecule has 0 aromatic heterocycles. The van der Waals surface area contributed by atoms with Crippen LogP contribution in [0.2, 0.25) is 0 Å². The molecule has 1 amide bonds. The van der Waals surface area contributed by atoms with Gasteiger partial charge in [-0.3, -0.25) is 4.79 Å². The van der Waals surface area contributed by atoms with Gasteiger partial charge in [-0.2, -0.15) is 0 Å². The molecule has 1 aromatic rings. The van der Waals surface area contributed by atoms with Crippen molar-refractivity contribution < 1.29 is 13.2 Å². The smallest absolute Gasteiger partial charge is 0.242 e. The van der Waals surface area contributed by atoms with Crippen LogP contribution in [0.4, 0.5) is 5.69 Å². The van der Waals surface area contributed by atoms with Crippen LogP contribution in [0.5, 0.6) is 0 Å². The molecule has 8 heteroatoms. The Labute approximate surface area is 149 Å². The van der Waals surface area contributed by atoms with E-state index < -0.39 is 10.0 Å². The van der Waals surface area contributed by atoms with E-state index in [1.807, 2.05) is 0 Å². The van der Waals surface area contributed by atoms with Crippen molar-refractivity contribution in [3.63, 3.8) is 0 Å². The number of amides is 1. The first kappa shape index (κ1) is 19.2. The van der Waals surface area contributed by atoms with Crippen LogP contribution in [-0.2, 0) is 14.8 Å². The minimum Gasteiger partial charge on any atom is -0.326 e. The molecule has 1 saturated carbocycles. The lowest BCUT2D eigenvalue weighted by Crippen LogP contribution is -2.31. The first-order valence-corrected chi connectivity index (χ1v) is 9.33. The predicted molar refractivity (Wildman–Crippen MR) is 95.8 cm³/mol. The highest BCUT2D eigenvalue weighted by atomic mass is 35.5. The van der Waals surface area contributed by atoms with E-state index in [-0.39, 0.29) is 34.5 Å². The molecule has 6 nitrogen and oxygen atoms in total. The van der Waals surface area contributed by atoms with E-state index in [1.165, 1.54) is 30.5 Å². The molecule has 1 atom stereocenters. The summed E-state index contributed by atoms with van der Waals surface area (Å²) in [6, 6.07) is 6.43. The molecule has 1 unspecified atom stereocenters. The van der Waals surface area contributed by atoms with Crippen LogP contribution in [0.25, 0.3) is 0 Å². The van der Waals surface area contributed by atoms with E-state index in [9.17, 15) is 13.2 Å². The molecule has 1 aromatic carbocycles. The maximum absolute atomic E-state index is 12.5. The van der Waals surface area contributed by atoms with Gasteiger partial charge in [-0.05, 0) is 56.0 Å². The molecule has 1 aliphatic carbocycles. The Morgan fingerprint density at radius 2 is 1.96 bits per heavy atom. The van der Waals surface area contributed by atoms with E-state index >= 15 is 0 Å². The highest BCUT2D eigenvalue weighted by Gasteiger charge is 2.57. The number of hydrogen-bond acceptors (Lipinski definition) is 4. The van der Waals surface area contributed by atoms with Gasteiger partial charge in [0.15, 0.2) is 0 Å². The molecule has 1 aliphatic heterocycles. The number of carbonyl (C=O) groups is 1. The monoisotopic (exact) mass is 373 g/mol. The Kier molecular flexibility index (Phi) is 5.59. The fraction of sp³-hybridized carbons (Fsp3) is 0.562. The molecular formula is C16H24ClN3O3S. The minimum absolute atomic E-state index is 0. The predicted octanol–water partition coefficient (Wildman–Crippen LogP) is 1.69. The van der Waals surface area contributed by atoms with Crippen molar-refractivity contribution in [1.82, 2.24) is 9.62 Å². The lowest BCUT2D eigenvalue weighted by Gasteiger charge is -2.23. The second-order valence-corrected chi connectivity index (χ2v) is 8.83. The van der Waals surface area contributed by atoms with Gasteiger partial charge in [0, 0.05) is 25.7 Å². The van der Waals surface area contributed by atoms with Crippen molar-refractivity contribution in [3.8, 4) is 0 Å². The second kappa shape index (κ2) is 7.00. The van der Waals surface area contributed by atoms with E-state index in [4.69, 9.17) is 0 Å². The van der Waals surface area contributed by atoms with Gasteiger partial charge in [-0.1, -0.05) is 6.07 Å². The maximum atomic E-state index is 12.5. The van der Waals surface area contributed by atoms with Crippen molar-refractivity contribution in [2.24, 2.45) is 11.3 Å². The lowest BCUT2D eigenvalue weighted by molar-refractivity contribution is -0.118. The summed E-state index contributed by atoms with van der Waals surface area (Å²) in [4.78, 5) is 12.6. The van der Waals surface area contributed by atoms with E-state index in [1.54, 1.807) is 12.1 Å². The molecule has 2 N–H and O–H groups in total. The molecule has 1 saturated heterocycles. The minimum atomic E-state index is -3.49. The zero-order valence-corrected chi connectivity index (χ0v) is 15.5. The number of nitrogens with zero attached hydrogens (tertiary/aromatic N) is 1. The van der Waals surface area contributed by atoms with Crippen molar-refractivity contribution in [2.75, 3.05) is 32.5 Å². The van der Waals surface area contributed by atoms with Crippen LogP contribution in [0.3, 0.4) is 0 Å². The molecule has 1 spiro atoms. The Hall–Kier alpha value is -1.15. The number of carbonyl (C=O) groups excluding carboxylic acids is 1. The average Bonchev–Trinajstić information content (AvgIpc) is 3.21. The number of sulfonamides is 1. The summed E-state index contributed by atoms with van der Waals surface area (Å²) >= 11 is 0. The number of hydrogen-bond donors (Lipinski definition) is 2. The van der Waals surface area contributed by atoms with Gasteiger partial charge < -0.3 is 10.6 Å². The van der Waals surface area contributed by atoms with Gasteiger partial charge in [-0.25, -0.2) is 12.7 Å². The summed E-state index contributed by atoms with van der Waals surface area (Å²) in [5.41, 5.74) is 0.705. The lowest BCUT2D eigenvalue weighted by atomic mass is 9.92. The zero-order chi connectivity index (χ0) is 16.7. The molecule has 0 bridgehead atoms. The fourth-order valence-corrected chi connectivity index (χ4v) is 4.32. The number of halogens is 1. The first-order valence-electron chi connectivity index (χ1n) is 7.89. The van der Waals surface area contributed by atoms with Crippen LogP contribution < -0.4 is 10.6 Å². The van der Waals surface area contributed by atoms with Crippen molar-refractivity contribution in [3.05, 3.63) is 24.3 Å². The van der Waals surface area contributed by atoms with Crippen LogP contribution in [0, 0.1) is 11.3 Å². The Balaban J connectivity index is 0.00000208. The largest absolute Gasteiger partial charge is 0.326 e. The Morgan fingerprint density at radius 3 is 2.58 bits per heavy atom. The van der Waals surface area contributed by atoms with Crippen LogP contribution in [0.1, 0.15) is 19.3 Å². The fourth-order valence-electron chi connectivity index (χ4n) is 3.37. The third-order valence-electron chi connectivity index (χ3n) is 4.99. The number of piperidine rings is 1. The Morgan fingerprint density at radius 1 is 1.29 bits per heavy atom. The number of rotatable bonds is 4. The van der Waals surface area contributed by atoms with Crippen LogP contribution >= 0.6 is 12.4 Å². The van der Waals surface area contributed by atoms with Gasteiger partial charge in [-0.15, -0.1) is 12.4 Å². The summed E-state index contributed by atoms with van der Waals surface area (Å²) in [7, 11) is -0.510. The summed E-state index contributed by atoms with van der Waals surface area (Å²) in [6.45, 7) is 1.95. The Bertz CT molecular complexity index is 715. The summed E-state index contributed by atoms with van der Waals surface area (Å²) in [5, 5.41) is 6.21. The SMILES string of the molecule is CN(C)S(=O)(=O)c1cccc(NC(=O)C2CC23CCNCC3)c1.Cl. The topological polar surface area (TPSA) is 78.5 Å². The normalized spacial score (nSPS) is 22.0. The molecular weight excluding hydrogens is 350 g/mol. The molecule has 24 heavy (non-hydrogen) atoms. The third kappa shape index (κ3) is 3.59. The summed E-state index contributed by atoms with van der Waals surface area (Å²) in [5.74, 6) is 0.0602. The zero-order valence-electron chi connectivity index (χ0n) is 13.9. The van der Waals surface area contributed by atoms with E-state index in [0.29, 0.717) is 5.69 Å². The number of benzene rings is 1. The van der Waals surface area contributed by atoms with Gasteiger partial charge in [0.2, 0.25) is 15.9 Å². The van der Waals surface area contributed by atoms with Gasteiger partial charge >= 0.3 is 0 Å². The second-order valence-electron chi connectivity index (χ2n) is 6.67. The first-order chi connectivity index (χ1) is 10.8. The quantitative estimate of drug-likeness (QED) is 0.841. The van der Waals surface area contributed by atoms with Crippen molar-refractivity contribution in [1.29, 1.82) is 0 Å². The van der Waals surface area contributed by atoms with Gasteiger partial charge in [0.05, 0.1) is 4.90 Å². The van der Waals surface area contributed by atoms with Crippen molar-refractivity contribution in [2.45, 2.75) is 24.2 Å². The highest BCUT2D eigenvalue weighted by molar-refractivity contribution is 7.89. The van der Waals surface area contributed by atoms with Crippen LogP contribution in [0.15, 0.2) is 29.2 Å². The van der Waals surface area contributed by atoms with Crippen molar-refractivity contribution >= 4 is 34.0 Å². The molecule has 2 fully saturated rings. The van der Waals surface area contributed by atoms with E-state index in [0.717, 1.165) is 32.4 Å².